The lowest BCUT2D eigenvalue weighted by molar-refractivity contribution is 0.667. The summed E-state index contributed by atoms with van der Waals surface area (Å²) < 4.78 is 0. The van der Waals surface area contributed by atoms with Gasteiger partial charge < -0.3 is 11.5 Å². The van der Waals surface area contributed by atoms with Gasteiger partial charge in [-0.1, -0.05) is 6.07 Å². The number of hydrogen-bond acceptors (Lipinski definition) is 3. The molecule has 0 saturated carbocycles. The molecule has 3 nitrogen and oxygen atoms in total. The van der Waals surface area contributed by atoms with E-state index >= 15 is 0 Å². The average molecular weight is 165 g/mol. The first kappa shape index (κ1) is 9.16. The van der Waals surface area contributed by atoms with Gasteiger partial charge in [0.25, 0.3) is 0 Å². The standard InChI is InChI=1S/C9H15N3/c1-7-2-3-9(12-6-7)4-8(11)5-10/h2-3,6,8H,4-5,10-11H2,1H3. The molecule has 0 radical (unpaired) electrons. The van der Waals surface area contributed by atoms with Crippen molar-refractivity contribution in [3.05, 3.63) is 29.6 Å². The minimum atomic E-state index is 0.0280. The summed E-state index contributed by atoms with van der Waals surface area (Å²) in [6.45, 7) is 2.52. The summed E-state index contributed by atoms with van der Waals surface area (Å²) in [5, 5.41) is 0. The Morgan fingerprint density at radius 1 is 1.50 bits per heavy atom. The lowest BCUT2D eigenvalue weighted by Crippen LogP contribution is -2.31. The number of aromatic nitrogens is 1. The Bertz CT molecular complexity index is 230. The zero-order valence-corrected chi connectivity index (χ0v) is 7.33. The fraction of sp³-hybridized carbons (Fsp3) is 0.444. The Labute approximate surface area is 72.8 Å². The number of nitrogens with zero attached hydrogens (tertiary/aromatic N) is 1. The van der Waals surface area contributed by atoms with Crippen LogP contribution in [0.25, 0.3) is 0 Å². The first-order valence-electron chi connectivity index (χ1n) is 4.09. The molecule has 0 amide bonds. The van der Waals surface area contributed by atoms with Gasteiger partial charge in [0, 0.05) is 30.9 Å². The second-order valence-corrected chi connectivity index (χ2v) is 3.03. The molecule has 1 aromatic rings. The Balaban J connectivity index is 2.58. The predicted octanol–water partition coefficient (Wildman–Crippen LogP) is 0.219. The van der Waals surface area contributed by atoms with E-state index in [1.165, 1.54) is 5.56 Å². The van der Waals surface area contributed by atoms with Crippen LogP contribution < -0.4 is 11.5 Å². The van der Waals surface area contributed by atoms with Crippen LogP contribution in [0.5, 0.6) is 0 Å². The van der Waals surface area contributed by atoms with Gasteiger partial charge in [-0.2, -0.15) is 0 Å². The van der Waals surface area contributed by atoms with Gasteiger partial charge >= 0.3 is 0 Å². The van der Waals surface area contributed by atoms with Crippen LogP contribution in [0.2, 0.25) is 0 Å². The van der Waals surface area contributed by atoms with Crippen LogP contribution in [0, 0.1) is 6.92 Å². The van der Waals surface area contributed by atoms with Crippen molar-refractivity contribution in [2.45, 2.75) is 19.4 Å². The van der Waals surface area contributed by atoms with E-state index in [9.17, 15) is 0 Å². The van der Waals surface area contributed by atoms with E-state index in [2.05, 4.69) is 4.98 Å². The summed E-state index contributed by atoms with van der Waals surface area (Å²) in [6.07, 6.45) is 2.61. The number of nitrogens with two attached hydrogens (primary N) is 2. The molecule has 0 saturated heterocycles. The quantitative estimate of drug-likeness (QED) is 0.673. The fourth-order valence-electron chi connectivity index (χ4n) is 0.971. The molecule has 0 aromatic carbocycles. The number of aryl methyl sites for hydroxylation is 1. The molecule has 1 aromatic heterocycles. The van der Waals surface area contributed by atoms with Crippen molar-refractivity contribution < 1.29 is 0 Å². The van der Waals surface area contributed by atoms with Crippen LogP contribution in [-0.2, 0) is 6.42 Å². The molecule has 0 spiro atoms. The molecule has 0 aliphatic rings. The van der Waals surface area contributed by atoms with Gasteiger partial charge in [-0.25, -0.2) is 0 Å². The third kappa shape index (κ3) is 2.60. The van der Waals surface area contributed by atoms with Crippen molar-refractivity contribution in [3.63, 3.8) is 0 Å². The van der Waals surface area contributed by atoms with Gasteiger partial charge in [-0.15, -0.1) is 0 Å². The Hall–Kier alpha value is -0.930. The minimum absolute atomic E-state index is 0.0280. The number of pyridine rings is 1. The Kier molecular flexibility index (Phi) is 3.19. The van der Waals surface area contributed by atoms with Gasteiger partial charge in [0.2, 0.25) is 0 Å². The van der Waals surface area contributed by atoms with Crippen LogP contribution in [0.4, 0.5) is 0 Å². The van der Waals surface area contributed by atoms with Crippen LogP contribution in [-0.4, -0.2) is 17.6 Å². The van der Waals surface area contributed by atoms with E-state index in [4.69, 9.17) is 11.5 Å². The topological polar surface area (TPSA) is 64.9 Å². The lowest BCUT2D eigenvalue weighted by atomic mass is 10.1. The second-order valence-electron chi connectivity index (χ2n) is 3.03. The Morgan fingerprint density at radius 3 is 2.75 bits per heavy atom. The van der Waals surface area contributed by atoms with E-state index in [0.717, 1.165) is 12.1 Å². The smallest absolute Gasteiger partial charge is 0.0419 e. The van der Waals surface area contributed by atoms with Gasteiger partial charge in [0.15, 0.2) is 0 Å². The van der Waals surface area contributed by atoms with Crippen molar-refractivity contribution in [2.24, 2.45) is 11.5 Å². The highest BCUT2D eigenvalue weighted by Gasteiger charge is 2.01. The summed E-state index contributed by atoms with van der Waals surface area (Å²) in [7, 11) is 0. The molecule has 66 valence electrons. The summed E-state index contributed by atoms with van der Waals surface area (Å²) in [5.41, 5.74) is 13.3. The van der Waals surface area contributed by atoms with Gasteiger partial charge in [-0.3, -0.25) is 4.98 Å². The van der Waals surface area contributed by atoms with Gasteiger partial charge in [0.05, 0.1) is 0 Å². The Morgan fingerprint density at radius 2 is 2.25 bits per heavy atom. The highest BCUT2D eigenvalue weighted by Crippen LogP contribution is 2.00. The molecule has 1 unspecified atom stereocenters. The average Bonchev–Trinajstić information content (AvgIpc) is 2.09. The lowest BCUT2D eigenvalue weighted by Gasteiger charge is -2.07. The van der Waals surface area contributed by atoms with Crippen LogP contribution in [0.15, 0.2) is 18.3 Å². The predicted molar refractivity (Wildman–Crippen MR) is 49.7 cm³/mol. The fourth-order valence-corrected chi connectivity index (χ4v) is 0.971. The summed E-state index contributed by atoms with van der Waals surface area (Å²) in [5.74, 6) is 0. The molecule has 1 heterocycles. The van der Waals surface area contributed by atoms with Crippen molar-refractivity contribution in [3.8, 4) is 0 Å². The van der Waals surface area contributed by atoms with Crippen molar-refractivity contribution >= 4 is 0 Å². The van der Waals surface area contributed by atoms with E-state index < -0.39 is 0 Å². The van der Waals surface area contributed by atoms with E-state index in [1.807, 2.05) is 25.3 Å². The molecule has 1 rings (SSSR count). The van der Waals surface area contributed by atoms with Gasteiger partial charge in [0.1, 0.15) is 0 Å². The molecule has 0 aliphatic heterocycles. The van der Waals surface area contributed by atoms with Crippen LogP contribution >= 0.6 is 0 Å². The monoisotopic (exact) mass is 165 g/mol. The maximum absolute atomic E-state index is 5.68. The SMILES string of the molecule is Cc1ccc(CC(N)CN)nc1. The van der Waals surface area contributed by atoms with Crippen LogP contribution in [0.3, 0.4) is 0 Å². The third-order valence-corrected chi connectivity index (χ3v) is 1.75. The van der Waals surface area contributed by atoms with Gasteiger partial charge in [-0.05, 0) is 18.6 Å². The van der Waals surface area contributed by atoms with E-state index in [0.29, 0.717) is 6.54 Å². The zero-order chi connectivity index (χ0) is 8.97. The van der Waals surface area contributed by atoms with E-state index in [-0.39, 0.29) is 6.04 Å². The van der Waals surface area contributed by atoms with Crippen molar-refractivity contribution in [1.29, 1.82) is 0 Å². The molecule has 1 atom stereocenters. The second kappa shape index (κ2) is 4.18. The van der Waals surface area contributed by atoms with Crippen molar-refractivity contribution in [2.75, 3.05) is 6.54 Å². The molecular formula is C9H15N3. The molecule has 3 heteroatoms. The maximum atomic E-state index is 5.68. The summed E-state index contributed by atoms with van der Waals surface area (Å²) >= 11 is 0. The first-order chi connectivity index (χ1) is 5.72. The maximum Gasteiger partial charge on any atom is 0.0419 e. The minimum Gasteiger partial charge on any atom is -0.329 e. The zero-order valence-electron chi connectivity index (χ0n) is 7.33. The molecule has 0 aliphatic carbocycles. The molecule has 4 N–H and O–H groups in total. The van der Waals surface area contributed by atoms with E-state index in [1.54, 1.807) is 0 Å². The normalized spacial score (nSPS) is 12.9. The largest absolute Gasteiger partial charge is 0.329 e. The number of rotatable bonds is 3. The summed E-state index contributed by atoms with van der Waals surface area (Å²) in [4.78, 5) is 4.23. The number of hydrogen-bond donors (Lipinski definition) is 2. The molecule has 0 bridgehead atoms. The van der Waals surface area contributed by atoms with Crippen molar-refractivity contribution in [1.82, 2.24) is 4.98 Å². The highest BCUT2D eigenvalue weighted by molar-refractivity contribution is 5.12. The third-order valence-electron chi connectivity index (χ3n) is 1.75. The first-order valence-corrected chi connectivity index (χ1v) is 4.09. The molecule has 0 fully saturated rings. The molecular weight excluding hydrogens is 150 g/mol. The molecule has 12 heavy (non-hydrogen) atoms. The van der Waals surface area contributed by atoms with Crippen LogP contribution in [0.1, 0.15) is 11.3 Å². The summed E-state index contributed by atoms with van der Waals surface area (Å²) in [6, 6.07) is 4.05. The highest BCUT2D eigenvalue weighted by atomic mass is 14.7.